The average molecular weight is 479 g/mol. The molecule has 0 saturated carbocycles. The topological polar surface area (TPSA) is 118 Å². The number of nitrogens with one attached hydrogen (secondary N) is 3. The van der Waals surface area contributed by atoms with E-state index >= 15 is 0 Å². The number of imide groups is 1. The Labute approximate surface area is 204 Å². The highest BCUT2D eigenvalue weighted by Gasteiger charge is 2.39. The van der Waals surface area contributed by atoms with E-state index in [1.54, 1.807) is 45.3 Å². The fourth-order valence-corrected chi connectivity index (χ4v) is 3.92. The molecule has 35 heavy (non-hydrogen) atoms. The van der Waals surface area contributed by atoms with Crippen molar-refractivity contribution in [3.05, 3.63) is 72.0 Å². The highest BCUT2D eigenvalue weighted by molar-refractivity contribution is 6.01. The number of carbonyl (C=O) groups is 2. The maximum absolute atomic E-state index is 12.0. The van der Waals surface area contributed by atoms with Gasteiger partial charge in [0.25, 0.3) is 0 Å². The fourth-order valence-electron chi connectivity index (χ4n) is 3.92. The number of hydrogen-bond acceptors (Lipinski definition) is 8. The van der Waals surface area contributed by atoms with Gasteiger partial charge in [-0.25, -0.2) is 9.78 Å². The number of carbonyl (C=O) groups excluding carboxylic acids is 2. The first kappa shape index (κ1) is 24.4. The van der Waals surface area contributed by atoms with Crippen LogP contribution < -0.4 is 20.7 Å². The fraction of sp³-hybridized carbons (Fsp3) is 0.360. The van der Waals surface area contributed by atoms with E-state index in [0.717, 1.165) is 18.7 Å². The highest BCUT2D eigenvalue weighted by Crippen LogP contribution is 2.33. The molecular weight excluding hydrogens is 448 g/mol. The van der Waals surface area contributed by atoms with E-state index < -0.39 is 11.7 Å². The lowest BCUT2D eigenvalue weighted by Crippen LogP contribution is -2.57. The van der Waals surface area contributed by atoms with Gasteiger partial charge in [-0.3, -0.25) is 25.3 Å². The SMILES string of the molecule is Cc1nc(NC(=O)NC(=O)C(C)C)ccc1OC1=CC(c2ccncc2)(N2CCOCC2)NC=C1. The standard InChI is InChI=1S/C25H30N6O4/c1-17(2)23(32)30-24(33)29-22-5-4-21(18(3)28-22)35-20-8-11-27-25(16-20,19-6-9-26-10-7-19)31-12-14-34-15-13-31/h4-11,16-17,27H,12-15H2,1-3H3,(H2,28,29,30,32,33). The number of ether oxygens (including phenoxy) is 2. The summed E-state index contributed by atoms with van der Waals surface area (Å²) in [6.07, 6.45) is 9.33. The number of rotatable bonds is 6. The van der Waals surface area contributed by atoms with Gasteiger partial charge in [-0.2, -0.15) is 0 Å². The molecule has 0 bridgehead atoms. The quantitative estimate of drug-likeness (QED) is 0.580. The van der Waals surface area contributed by atoms with Crippen LogP contribution in [0, 0.1) is 12.8 Å². The van der Waals surface area contributed by atoms with Crippen LogP contribution in [-0.4, -0.2) is 53.1 Å². The van der Waals surface area contributed by atoms with Gasteiger partial charge in [-0.05, 0) is 42.8 Å². The molecule has 0 aliphatic carbocycles. The van der Waals surface area contributed by atoms with E-state index in [9.17, 15) is 9.59 Å². The summed E-state index contributed by atoms with van der Waals surface area (Å²) in [7, 11) is 0. The minimum atomic E-state index is -0.624. The van der Waals surface area contributed by atoms with Crippen molar-refractivity contribution in [1.29, 1.82) is 0 Å². The number of anilines is 1. The lowest BCUT2D eigenvalue weighted by atomic mass is 9.95. The Hall–Kier alpha value is -3.76. The van der Waals surface area contributed by atoms with Crippen LogP contribution in [0.15, 0.2) is 60.8 Å². The van der Waals surface area contributed by atoms with Crippen LogP contribution in [0.4, 0.5) is 10.6 Å². The van der Waals surface area contributed by atoms with Gasteiger partial charge in [0.15, 0.2) is 0 Å². The summed E-state index contributed by atoms with van der Waals surface area (Å²) < 4.78 is 11.8. The van der Waals surface area contributed by atoms with Gasteiger partial charge < -0.3 is 14.8 Å². The van der Waals surface area contributed by atoms with Crippen molar-refractivity contribution in [3.8, 4) is 5.75 Å². The molecule has 184 valence electrons. The van der Waals surface area contributed by atoms with Crippen molar-refractivity contribution < 1.29 is 19.1 Å². The molecule has 1 atom stereocenters. The van der Waals surface area contributed by atoms with Crippen molar-refractivity contribution in [2.24, 2.45) is 5.92 Å². The van der Waals surface area contributed by atoms with Crippen LogP contribution in [0.5, 0.6) is 5.75 Å². The van der Waals surface area contributed by atoms with Gasteiger partial charge in [0.2, 0.25) is 5.91 Å². The van der Waals surface area contributed by atoms with Crippen molar-refractivity contribution in [1.82, 2.24) is 25.5 Å². The molecule has 0 radical (unpaired) electrons. The predicted octanol–water partition coefficient (Wildman–Crippen LogP) is 2.65. The normalized spacial score (nSPS) is 20.1. The summed E-state index contributed by atoms with van der Waals surface area (Å²) in [5, 5.41) is 8.37. The molecule has 2 aliphatic rings. The number of amides is 3. The molecule has 1 saturated heterocycles. The molecule has 10 nitrogen and oxygen atoms in total. The number of hydrogen-bond donors (Lipinski definition) is 3. The Kier molecular flexibility index (Phi) is 7.42. The largest absolute Gasteiger partial charge is 0.456 e. The van der Waals surface area contributed by atoms with E-state index in [-0.39, 0.29) is 11.8 Å². The van der Waals surface area contributed by atoms with Crippen molar-refractivity contribution in [2.45, 2.75) is 26.4 Å². The number of urea groups is 1. The van der Waals surface area contributed by atoms with Gasteiger partial charge in [0.1, 0.15) is 23.0 Å². The third kappa shape index (κ3) is 5.67. The molecular formula is C25H30N6O4. The first-order chi connectivity index (χ1) is 16.9. The van der Waals surface area contributed by atoms with E-state index in [0.29, 0.717) is 36.2 Å². The maximum Gasteiger partial charge on any atom is 0.327 e. The van der Waals surface area contributed by atoms with Gasteiger partial charge in [-0.1, -0.05) is 13.8 Å². The molecule has 1 unspecified atom stereocenters. The Morgan fingerprint density at radius 3 is 2.60 bits per heavy atom. The number of nitrogens with zero attached hydrogens (tertiary/aromatic N) is 3. The molecule has 3 N–H and O–H groups in total. The smallest absolute Gasteiger partial charge is 0.327 e. The van der Waals surface area contributed by atoms with Crippen LogP contribution in [0.3, 0.4) is 0 Å². The van der Waals surface area contributed by atoms with E-state index in [2.05, 4.69) is 30.8 Å². The Morgan fingerprint density at radius 1 is 1.17 bits per heavy atom. The lowest BCUT2D eigenvalue weighted by molar-refractivity contribution is -0.122. The second-order valence-corrected chi connectivity index (χ2v) is 8.61. The second kappa shape index (κ2) is 10.7. The number of dihydropyridines is 1. The molecule has 0 spiro atoms. The Morgan fingerprint density at radius 2 is 1.91 bits per heavy atom. The zero-order valence-corrected chi connectivity index (χ0v) is 20.1. The summed E-state index contributed by atoms with van der Waals surface area (Å²) in [6.45, 7) is 8.03. The number of aromatic nitrogens is 2. The van der Waals surface area contributed by atoms with E-state index in [4.69, 9.17) is 9.47 Å². The number of morpholine rings is 1. The Bertz CT molecular complexity index is 1130. The monoisotopic (exact) mass is 478 g/mol. The molecule has 0 aromatic carbocycles. The first-order valence-electron chi connectivity index (χ1n) is 11.5. The zero-order valence-electron chi connectivity index (χ0n) is 20.1. The van der Waals surface area contributed by atoms with Gasteiger partial charge in [0.05, 0.1) is 18.9 Å². The molecule has 10 heteroatoms. The highest BCUT2D eigenvalue weighted by atomic mass is 16.5. The van der Waals surface area contributed by atoms with Crippen molar-refractivity contribution in [2.75, 3.05) is 31.6 Å². The van der Waals surface area contributed by atoms with Crippen LogP contribution in [0.1, 0.15) is 25.1 Å². The van der Waals surface area contributed by atoms with Crippen molar-refractivity contribution >= 4 is 17.8 Å². The molecule has 2 aliphatic heterocycles. The summed E-state index contributed by atoms with van der Waals surface area (Å²) in [5.41, 5.74) is 1.02. The van der Waals surface area contributed by atoms with Crippen molar-refractivity contribution in [3.63, 3.8) is 0 Å². The Balaban J connectivity index is 1.54. The molecule has 1 fully saturated rings. The van der Waals surface area contributed by atoms with E-state index in [1.807, 2.05) is 30.5 Å². The van der Waals surface area contributed by atoms with Gasteiger partial charge in [-0.15, -0.1) is 0 Å². The summed E-state index contributed by atoms with van der Waals surface area (Å²) in [4.78, 5) is 34.6. The van der Waals surface area contributed by atoms with Crippen LogP contribution >= 0.6 is 0 Å². The molecule has 4 heterocycles. The van der Waals surface area contributed by atoms with E-state index in [1.165, 1.54) is 0 Å². The third-order valence-electron chi connectivity index (χ3n) is 5.80. The van der Waals surface area contributed by atoms with Crippen LogP contribution in [0.25, 0.3) is 0 Å². The molecule has 4 rings (SSSR count). The van der Waals surface area contributed by atoms with Crippen LogP contribution in [-0.2, 0) is 15.2 Å². The number of aryl methyl sites for hydroxylation is 1. The van der Waals surface area contributed by atoms with Gasteiger partial charge in [0, 0.05) is 43.7 Å². The minimum Gasteiger partial charge on any atom is -0.456 e. The number of allylic oxidation sites excluding steroid dienone is 1. The minimum absolute atomic E-state index is 0.297. The lowest BCUT2D eigenvalue weighted by Gasteiger charge is -2.45. The second-order valence-electron chi connectivity index (χ2n) is 8.61. The summed E-state index contributed by atoms with van der Waals surface area (Å²) in [6, 6.07) is 6.71. The summed E-state index contributed by atoms with van der Waals surface area (Å²) in [5.74, 6) is 0.866. The number of pyridine rings is 2. The molecule has 3 amide bonds. The molecule has 2 aromatic heterocycles. The van der Waals surface area contributed by atoms with Crippen LogP contribution in [0.2, 0.25) is 0 Å². The predicted molar refractivity (Wildman–Crippen MR) is 130 cm³/mol. The third-order valence-corrected chi connectivity index (χ3v) is 5.80. The summed E-state index contributed by atoms with van der Waals surface area (Å²) >= 11 is 0. The van der Waals surface area contributed by atoms with Gasteiger partial charge >= 0.3 is 6.03 Å². The first-order valence-corrected chi connectivity index (χ1v) is 11.5. The average Bonchev–Trinajstić information content (AvgIpc) is 2.86. The maximum atomic E-state index is 12.0. The zero-order chi connectivity index (χ0) is 24.8. The molecule has 2 aromatic rings.